The number of aryl methyl sites for hydroxylation is 1. The van der Waals surface area contributed by atoms with Crippen LogP contribution >= 0.6 is 0 Å². The van der Waals surface area contributed by atoms with Crippen LogP contribution in [0.1, 0.15) is 54.4 Å². The fraction of sp³-hybridized carbons (Fsp3) is 0.533. The molecule has 1 aliphatic rings. The van der Waals surface area contributed by atoms with Crippen molar-refractivity contribution in [1.29, 1.82) is 0 Å². The largest absolute Gasteiger partial charge is 0.399 e. The summed E-state index contributed by atoms with van der Waals surface area (Å²) in [7, 11) is 0. The summed E-state index contributed by atoms with van der Waals surface area (Å²) < 4.78 is 0. The molecule has 98 valence electrons. The van der Waals surface area contributed by atoms with E-state index in [-0.39, 0.29) is 5.91 Å². The van der Waals surface area contributed by atoms with Crippen molar-refractivity contribution >= 4 is 11.6 Å². The van der Waals surface area contributed by atoms with Crippen molar-refractivity contribution < 1.29 is 4.79 Å². The highest BCUT2D eigenvalue weighted by Crippen LogP contribution is 2.18. The van der Waals surface area contributed by atoms with Crippen molar-refractivity contribution in [3.05, 3.63) is 29.3 Å². The third-order valence-corrected chi connectivity index (χ3v) is 3.70. The molecule has 3 heteroatoms. The number of benzene rings is 1. The van der Waals surface area contributed by atoms with Gasteiger partial charge in [0, 0.05) is 17.3 Å². The average Bonchev–Trinajstić information content (AvgIpc) is 2.61. The first kappa shape index (κ1) is 12.9. The van der Waals surface area contributed by atoms with Crippen LogP contribution in [0.5, 0.6) is 0 Å². The minimum Gasteiger partial charge on any atom is -0.399 e. The third-order valence-electron chi connectivity index (χ3n) is 3.70. The van der Waals surface area contributed by atoms with Crippen molar-refractivity contribution in [2.24, 2.45) is 0 Å². The minimum atomic E-state index is 0.0201. The molecule has 1 amide bonds. The van der Waals surface area contributed by atoms with Crippen LogP contribution in [0.25, 0.3) is 0 Å². The van der Waals surface area contributed by atoms with E-state index in [1.807, 2.05) is 19.1 Å². The van der Waals surface area contributed by atoms with Gasteiger partial charge in [-0.15, -0.1) is 0 Å². The monoisotopic (exact) mass is 246 g/mol. The van der Waals surface area contributed by atoms with Crippen molar-refractivity contribution in [3.63, 3.8) is 0 Å². The van der Waals surface area contributed by atoms with Gasteiger partial charge in [0.05, 0.1) is 0 Å². The average molecular weight is 246 g/mol. The van der Waals surface area contributed by atoms with E-state index in [1.54, 1.807) is 6.07 Å². The molecule has 1 saturated carbocycles. The van der Waals surface area contributed by atoms with Crippen LogP contribution in [0.4, 0.5) is 5.69 Å². The van der Waals surface area contributed by atoms with Gasteiger partial charge in [-0.05, 0) is 37.5 Å². The lowest BCUT2D eigenvalue weighted by Crippen LogP contribution is -2.34. The van der Waals surface area contributed by atoms with E-state index in [0.717, 1.165) is 18.4 Å². The molecule has 1 aliphatic carbocycles. The lowest BCUT2D eigenvalue weighted by atomic mass is 10.0. The predicted octanol–water partition coefficient (Wildman–Crippen LogP) is 3.03. The van der Waals surface area contributed by atoms with Gasteiger partial charge in [0.15, 0.2) is 0 Å². The number of nitrogens with one attached hydrogen (secondary N) is 1. The zero-order chi connectivity index (χ0) is 13.0. The van der Waals surface area contributed by atoms with Gasteiger partial charge in [-0.1, -0.05) is 31.7 Å². The van der Waals surface area contributed by atoms with Crippen LogP contribution in [0.15, 0.2) is 18.2 Å². The van der Waals surface area contributed by atoms with Crippen LogP contribution in [-0.2, 0) is 0 Å². The van der Waals surface area contributed by atoms with Gasteiger partial charge in [0.1, 0.15) is 0 Å². The Morgan fingerprint density at radius 3 is 2.56 bits per heavy atom. The standard InChI is InChI=1S/C15H22N2O/c1-11-8-9-12(16)10-14(11)15(18)17-13-6-4-2-3-5-7-13/h8-10,13H,2-7,16H2,1H3,(H,17,18). The molecule has 18 heavy (non-hydrogen) atoms. The predicted molar refractivity (Wildman–Crippen MR) is 74.5 cm³/mol. The molecule has 0 heterocycles. The Labute approximate surface area is 109 Å². The van der Waals surface area contributed by atoms with E-state index in [0.29, 0.717) is 17.3 Å². The number of anilines is 1. The Kier molecular flexibility index (Phi) is 4.24. The molecular formula is C15H22N2O. The molecule has 0 aliphatic heterocycles. The molecule has 3 nitrogen and oxygen atoms in total. The van der Waals surface area contributed by atoms with Gasteiger partial charge >= 0.3 is 0 Å². The number of hydrogen-bond acceptors (Lipinski definition) is 2. The number of amides is 1. The van der Waals surface area contributed by atoms with E-state index >= 15 is 0 Å². The number of carbonyl (C=O) groups is 1. The van der Waals surface area contributed by atoms with Gasteiger partial charge in [-0.2, -0.15) is 0 Å². The van der Waals surface area contributed by atoms with Gasteiger partial charge in [0.25, 0.3) is 5.91 Å². The zero-order valence-corrected chi connectivity index (χ0v) is 11.0. The second-order valence-corrected chi connectivity index (χ2v) is 5.24. The van der Waals surface area contributed by atoms with Crippen LogP contribution in [-0.4, -0.2) is 11.9 Å². The molecule has 1 fully saturated rings. The van der Waals surface area contributed by atoms with Gasteiger partial charge in [-0.3, -0.25) is 4.79 Å². The summed E-state index contributed by atoms with van der Waals surface area (Å²) in [6.07, 6.45) is 7.25. The SMILES string of the molecule is Cc1ccc(N)cc1C(=O)NC1CCCCCC1. The normalized spacial score (nSPS) is 17.2. The number of hydrogen-bond donors (Lipinski definition) is 2. The summed E-state index contributed by atoms with van der Waals surface area (Å²) in [5, 5.41) is 3.15. The third kappa shape index (κ3) is 3.25. The number of nitrogens with two attached hydrogens (primary N) is 1. The summed E-state index contributed by atoms with van der Waals surface area (Å²) in [6, 6.07) is 5.83. The molecule has 1 aromatic carbocycles. The topological polar surface area (TPSA) is 55.1 Å². The van der Waals surface area contributed by atoms with Crippen LogP contribution in [0.2, 0.25) is 0 Å². The van der Waals surface area contributed by atoms with Crippen LogP contribution in [0, 0.1) is 6.92 Å². The molecule has 3 N–H and O–H groups in total. The smallest absolute Gasteiger partial charge is 0.251 e. The van der Waals surface area contributed by atoms with E-state index in [4.69, 9.17) is 5.73 Å². The summed E-state index contributed by atoms with van der Waals surface area (Å²) in [5.41, 5.74) is 8.08. The lowest BCUT2D eigenvalue weighted by Gasteiger charge is -2.17. The summed E-state index contributed by atoms with van der Waals surface area (Å²) in [6.45, 7) is 1.95. The fourth-order valence-corrected chi connectivity index (χ4v) is 2.57. The number of nitrogen functional groups attached to an aromatic ring is 1. The maximum atomic E-state index is 12.2. The highest BCUT2D eigenvalue weighted by atomic mass is 16.1. The van der Waals surface area contributed by atoms with E-state index in [2.05, 4.69) is 5.32 Å². The maximum absolute atomic E-state index is 12.2. The Hall–Kier alpha value is -1.51. The molecule has 0 aromatic heterocycles. The van der Waals surface area contributed by atoms with Crippen molar-refractivity contribution in [1.82, 2.24) is 5.32 Å². The summed E-state index contributed by atoms with van der Waals surface area (Å²) in [5.74, 6) is 0.0201. The van der Waals surface area contributed by atoms with Crippen molar-refractivity contribution in [3.8, 4) is 0 Å². The molecule has 0 saturated heterocycles. The van der Waals surface area contributed by atoms with E-state index in [1.165, 1.54) is 25.7 Å². The Morgan fingerprint density at radius 1 is 1.22 bits per heavy atom. The molecule has 0 bridgehead atoms. The Balaban J connectivity index is 2.04. The molecular weight excluding hydrogens is 224 g/mol. The second kappa shape index (κ2) is 5.89. The van der Waals surface area contributed by atoms with E-state index in [9.17, 15) is 4.79 Å². The first-order chi connectivity index (χ1) is 8.66. The van der Waals surface area contributed by atoms with Gasteiger partial charge in [0.2, 0.25) is 0 Å². The van der Waals surface area contributed by atoms with Gasteiger partial charge in [-0.25, -0.2) is 0 Å². The minimum absolute atomic E-state index is 0.0201. The molecule has 0 atom stereocenters. The summed E-state index contributed by atoms with van der Waals surface area (Å²) in [4.78, 5) is 12.2. The van der Waals surface area contributed by atoms with Crippen molar-refractivity contribution in [2.75, 3.05) is 5.73 Å². The fourth-order valence-electron chi connectivity index (χ4n) is 2.57. The second-order valence-electron chi connectivity index (χ2n) is 5.24. The Bertz CT molecular complexity index is 421. The highest BCUT2D eigenvalue weighted by molar-refractivity contribution is 5.96. The zero-order valence-electron chi connectivity index (χ0n) is 11.0. The number of rotatable bonds is 2. The molecule has 1 aromatic rings. The van der Waals surface area contributed by atoms with Crippen LogP contribution in [0.3, 0.4) is 0 Å². The molecule has 0 unspecified atom stereocenters. The molecule has 2 rings (SSSR count). The molecule has 0 radical (unpaired) electrons. The maximum Gasteiger partial charge on any atom is 0.251 e. The highest BCUT2D eigenvalue weighted by Gasteiger charge is 2.16. The van der Waals surface area contributed by atoms with Crippen molar-refractivity contribution in [2.45, 2.75) is 51.5 Å². The quantitative estimate of drug-likeness (QED) is 0.622. The number of carbonyl (C=O) groups excluding carboxylic acids is 1. The first-order valence-corrected chi connectivity index (χ1v) is 6.84. The van der Waals surface area contributed by atoms with Gasteiger partial charge < -0.3 is 11.1 Å². The van der Waals surface area contributed by atoms with E-state index < -0.39 is 0 Å². The first-order valence-electron chi connectivity index (χ1n) is 6.84. The molecule has 0 spiro atoms. The Morgan fingerprint density at radius 2 is 1.89 bits per heavy atom. The summed E-state index contributed by atoms with van der Waals surface area (Å²) >= 11 is 0. The van der Waals surface area contributed by atoms with Crippen LogP contribution < -0.4 is 11.1 Å². The lowest BCUT2D eigenvalue weighted by molar-refractivity contribution is 0.0933.